The van der Waals surface area contributed by atoms with Crippen molar-refractivity contribution in [3.8, 4) is 11.5 Å². The van der Waals surface area contributed by atoms with Crippen molar-refractivity contribution in [2.75, 3.05) is 40.4 Å². The molecule has 3 rings (SSSR count). The van der Waals surface area contributed by atoms with E-state index in [1.54, 1.807) is 17.9 Å². The average Bonchev–Trinajstić information content (AvgIpc) is 3.13. The lowest BCUT2D eigenvalue weighted by molar-refractivity contribution is 0.0695. The zero-order chi connectivity index (χ0) is 21.2. The smallest absolute Gasteiger partial charge is 0.259 e. The fourth-order valence-corrected chi connectivity index (χ4v) is 4.79. The highest BCUT2D eigenvalue weighted by molar-refractivity contribution is 7.89. The van der Waals surface area contributed by atoms with Crippen LogP contribution in [0.5, 0.6) is 11.5 Å². The van der Waals surface area contributed by atoms with Crippen LogP contribution in [0, 0.1) is 6.92 Å². The van der Waals surface area contributed by atoms with Gasteiger partial charge in [0, 0.05) is 32.2 Å². The van der Waals surface area contributed by atoms with Crippen molar-refractivity contribution >= 4 is 15.9 Å². The molecule has 0 bridgehead atoms. The molecule has 1 aliphatic heterocycles. The minimum absolute atomic E-state index is 0.123. The van der Waals surface area contributed by atoms with Crippen LogP contribution in [-0.4, -0.2) is 69.1 Å². The first-order chi connectivity index (χ1) is 13.8. The molecular weight excluding hydrogens is 398 g/mol. The highest BCUT2D eigenvalue weighted by Crippen LogP contribution is 2.31. The van der Waals surface area contributed by atoms with E-state index in [1.165, 1.54) is 30.7 Å². The van der Waals surface area contributed by atoms with Crippen molar-refractivity contribution in [1.29, 1.82) is 0 Å². The minimum Gasteiger partial charge on any atom is -0.493 e. The predicted octanol–water partition coefficient (Wildman–Crippen LogP) is 1.71. The van der Waals surface area contributed by atoms with E-state index in [9.17, 15) is 13.2 Å². The molecule has 10 heteroatoms. The molecule has 1 aliphatic rings. The number of benzene rings is 1. The monoisotopic (exact) mass is 423 g/mol. The lowest BCUT2D eigenvalue weighted by Gasteiger charge is -2.34. The van der Waals surface area contributed by atoms with E-state index >= 15 is 0 Å². The number of piperazine rings is 1. The second kappa shape index (κ2) is 8.42. The van der Waals surface area contributed by atoms with Crippen molar-refractivity contribution in [2.45, 2.75) is 25.2 Å². The van der Waals surface area contributed by atoms with Gasteiger partial charge in [-0.1, -0.05) is 12.1 Å². The number of hydrogen-bond acceptors (Lipinski definition) is 7. The van der Waals surface area contributed by atoms with E-state index in [0.717, 1.165) is 0 Å². The summed E-state index contributed by atoms with van der Waals surface area (Å²) in [5, 5.41) is 3.92. The quantitative estimate of drug-likeness (QED) is 0.697. The molecule has 2 aromatic rings. The first-order valence-corrected chi connectivity index (χ1v) is 10.7. The van der Waals surface area contributed by atoms with Gasteiger partial charge in [0.1, 0.15) is 11.3 Å². The molecule has 0 atom stereocenters. The summed E-state index contributed by atoms with van der Waals surface area (Å²) in [6.07, 6.45) is 0.589. The summed E-state index contributed by atoms with van der Waals surface area (Å²) >= 11 is 0. The second-order valence-electron chi connectivity index (χ2n) is 6.63. The van der Waals surface area contributed by atoms with Crippen LogP contribution in [0.25, 0.3) is 0 Å². The summed E-state index contributed by atoms with van der Waals surface area (Å²) in [6, 6.07) is 4.49. The fourth-order valence-electron chi connectivity index (χ4n) is 3.35. The zero-order valence-electron chi connectivity index (χ0n) is 17.0. The zero-order valence-corrected chi connectivity index (χ0v) is 17.8. The number of rotatable bonds is 6. The number of aromatic nitrogens is 1. The molecule has 1 saturated heterocycles. The summed E-state index contributed by atoms with van der Waals surface area (Å²) < 4.78 is 42.9. The molecule has 1 amide bonds. The number of sulfonamides is 1. The van der Waals surface area contributed by atoms with Crippen LogP contribution < -0.4 is 9.47 Å². The van der Waals surface area contributed by atoms with Gasteiger partial charge in [0.2, 0.25) is 10.0 Å². The maximum absolute atomic E-state index is 13.0. The standard InChI is InChI=1S/C19H25N3O6S/c1-5-15-18(13(2)28-20-15)19(23)21-8-10-22(11-9-21)29(24,25)14-6-7-16(26-3)17(12-14)27-4/h6-7,12H,5,8-11H2,1-4H3. The van der Waals surface area contributed by atoms with Crippen molar-refractivity contribution in [3.05, 3.63) is 35.2 Å². The number of carbonyl (C=O) groups is 1. The Morgan fingerprint density at radius 2 is 1.79 bits per heavy atom. The molecular formula is C19H25N3O6S. The molecule has 0 spiro atoms. The van der Waals surface area contributed by atoms with E-state index in [-0.39, 0.29) is 23.9 Å². The van der Waals surface area contributed by atoms with Crippen LogP contribution in [0.15, 0.2) is 27.6 Å². The first-order valence-electron chi connectivity index (χ1n) is 9.30. The highest BCUT2D eigenvalue weighted by Gasteiger charge is 2.32. The van der Waals surface area contributed by atoms with E-state index in [2.05, 4.69) is 5.16 Å². The number of aryl methyl sites for hydroxylation is 2. The Morgan fingerprint density at radius 3 is 2.38 bits per heavy atom. The number of hydrogen-bond donors (Lipinski definition) is 0. The minimum atomic E-state index is -3.71. The molecule has 1 fully saturated rings. The molecule has 158 valence electrons. The topological polar surface area (TPSA) is 102 Å². The van der Waals surface area contributed by atoms with E-state index in [0.29, 0.717) is 48.0 Å². The van der Waals surface area contributed by atoms with Crippen LogP contribution in [0.3, 0.4) is 0 Å². The number of nitrogens with zero attached hydrogens (tertiary/aromatic N) is 3. The van der Waals surface area contributed by atoms with Gasteiger partial charge in [-0.2, -0.15) is 4.31 Å². The normalized spacial score (nSPS) is 15.4. The highest BCUT2D eigenvalue weighted by atomic mass is 32.2. The van der Waals surface area contributed by atoms with E-state index in [1.807, 2.05) is 6.92 Å². The summed E-state index contributed by atoms with van der Waals surface area (Å²) in [6.45, 7) is 4.60. The number of amides is 1. The maximum Gasteiger partial charge on any atom is 0.259 e. The third kappa shape index (κ3) is 3.95. The van der Waals surface area contributed by atoms with Gasteiger partial charge in [-0.25, -0.2) is 8.42 Å². The largest absolute Gasteiger partial charge is 0.493 e. The Bertz CT molecular complexity index is 993. The molecule has 29 heavy (non-hydrogen) atoms. The lowest BCUT2D eigenvalue weighted by atomic mass is 10.1. The number of methoxy groups -OCH3 is 2. The molecule has 0 N–H and O–H groups in total. The van der Waals surface area contributed by atoms with Gasteiger partial charge in [0.25, 0.3) is 5.91 Å². The third-order valence-electron chi connectivity index (χ3n) is 5.00. The van der Waals surface area contributed by atoms with Crippen LogP contribution >= 0.6 is 0 Å². The average molecular weight is 423 g/mol. The Balaban J connectivity index is 1.74. The fraction of sp³-hybridized carbons (Fsp3) is 0.474. The molecule has 0 unspecified atom stereocenters. The molecule has 0 saturated carbocycles. The summed E-state index contributed by atoms with van der Waals surface area (Å²) in [5.74, 6) is 1.10. The Morgan fingerprint density at radius 1 is 1.14 bits per heavy atom. The second-order valence-corrected chi connectivity index (χ2v) is 8.57. The number of ether oxygens (including phenoxy) is 2. The predicted molar refractivity (Wildman–Crippen MR) is 105 cm³/mol. The SMILES string of the molecule is CCc1noc(C)c1C(=O)N1CCN(S(=O)(=O)c2ccc(OC)c(OC)c2)CC1. The van der Waals surface area contributed by atoms with Crippen LogP contribution in [-0.2, 0) is 16.4 Å². The van der Waals surface area contributed by atoms with E-state index in [4.69, 9.17) is 14.0 Å². The third-order valence-corrected chi connectivity index (χ3v) is 6.90. The molecule has 0 radical (unpaired) electrons. The van der Waals surface area contributed by atoms with Gasteiger partial charge in [-0.15, -0.1) is 0 Å². The molecule has 0 aliphatic carbocycles. The van der Waals surface area contributed by atoms with Gasteiger partial charge in [0.15, 0.2) is 11.5 Å². The van der Waals surface area contributed by atoms with Crippen molar-refractivity contribution in [3.63, 3.8) is 0 Å². The first kappa shape index (κ1) is 21.1. The summed E-state index contributed by atoms with van der Waals surface area (Å²) in [4.78, 5) is 14.6. The maximum atomic E-state index is 13.0. The van der Waals surface area contributed by atoms with Gasteiger partial charge < -0.3 is 18.9 Å². The Hall–Kier alpha value is -2.59. The number of carbonyl (C=O) groups excluding carboxylic acids is 1. The van der Waals surface area contributed by atoms with Gasteiger partial charge in [0.05, 0.1) is 24.8 Å². The van der Waals surface area contributed by atoms with Crippen LogP contribution in [0.1, 0.15) is 28.7 Å². The van der Waals surface area contributed by atoms with Gasteiger partial charge >= 0.3 is 0 Å². The van der Waals surface area contributed by atoms with Gasteiger partial charge in [-0.05, 0) is 25.5 Å². The summed E-state index contributed by atoms with van der Waals surface area (Å²) in [7, 11) is -0.771. The lowest BCUT2D eigenvalue weighted by Crippen LogP contribution is -2.50. The van der Waals surface area contributed by atoms with Crippen LogP contribution in [0.4, 0.5) is 0 Å². The molecule has 9 nitrogen and oxygen atoms in total. The molecule has 1 aromatic carbocycles. The molecule has 2 heterocycles. The van der Waals surface area contributed by atoms with E-state index < -0.39 is 10.0 Å². The Labute approximate surface area is 170 Å². The van der Waals surface area contributed by atoms with Crippen molar-refractivity contribution < 1.29 is 27.2 Å². The van der Waals surface area contributed by atoms with Crippen molar-refractivity contribution in [2.24, 2.45) is 0 Å². The van der Waals surface area contributed by atoms with Gasteiger partial charge in [-0.3, -0.25) is 4.79 Å². The van der Waals surface area contributed by atoms with Crippen molar-refractivity contribution in [1.82, 2.24) is 14.4 Å². The Kier molecular flexibility index (Phi) is 6.13. The molecule has 1 aromatic heterocycles. The summed E-state index contributed by atoms with van der Waals surface area (Å²) in [5.41, 5.74) is 1.09. The van der Waals surface area contributed by atoms with Crippen LogP contribution in [0.2, 0.25) is 0 Å².